The fourth-order valence-corrected chi connectivity index (χ4v) is 2.23. The second-order valence-corrected chi connectivity index (χ2v) is 4.58. The minimum Gasteiger partial charge on any atom is -0.340 e. The van der Waals surface area contributed by atoms with E-state index in [1.807, 2.05) is 4.90 Å². The molecule has 0 saturated carbocycles. The third kappa shape index (κ3) is 2.27. The van der Waals surface area contributed by atoms with Gasteiger partial charge in [-0.05, 0) is 39.2 Å². The van der Waals surface area contributed by atoms with Gasteiger partial charge in [-0.15, -0.1) is 0 Å². The number of hydrogen-bond acceptors (Lipinski definition) is 2. The van der Waals surface area contributed by atoms with Crippen LogP contribution in [0.3, 0.4) is 0 Å². The lowest BCUT2D eigenvalue weighted by atomic mass is 9.90. The number of carbonyl (C=O) groups is 1. The Bertz CT molecular complexity index is 203. The van der Waals surface area contributed by atoms with Crippen molar-refractivity contribution in [2.45, 2.75) is 39.7 Å². The van der Waals surface area contributed by atoms with E-state index in [0.717, 1.165) is 19.4 Å². The van der Waals surface area contributed by atoms with Crippen molar-refractivity contribution < 1.29 is 4.79 Å². The third-order valence-electron chi connectivity index (χ3n) is 3.21. The van der Waals surface area contributed by atoms with Crippen molar-refractivity contribution >= 4 is 5.91 Å². The van der Waals surface area contributed by atoms with Crippen LogP contribution < -0.4 is 5.73 Å². The van der Waals surface area contributed by atoms with Crippen LogP contribution in [-0.4, -0.2) is 29.9 Å². The van der Waals surface area contributed by atoms with Crippen molar-refractivity contribution in [3.05, 3.63) is 0 Å². The van der Waals surface area contributed by atoms with Crippen molar-refractivity contribution in [2.75, 3.05) is 13.1 Å². The van der Waals surface area contributed by atoms with Gasteiger partial charge in [0, 0.05) is 18.5 Å². The molecular formula is C11H22N2O. The van der Waals surface area contributed by atoms with Gasteiger partial charge in [0.1, 0.15) is 0 Å². The monoisotopic (exact) mass is 198 g/mol. The summed E-state index contributed by atoms with van der Waals surface area (Å²) in [4.78, 5) is 13.9. The Hall–Kier alpha value is -0.570. The molecule has 0 aromatic carbocycles. The topological polar surface area (TPSA) is 46.3 Å². The summed E-state index contributed by atoms with van der Waals surface area (Å²) in [5, 5.41) is 0. The first-order valence-electron chi connectivity index (χ1n) is 5.58. The molecule has 0 aromatic rings. The molecule has 2 N–H and O–H groups in total. The first kappa shape index (κ1) is 11.5. The van der Waals surface area contributed by atoms with E-state index in [2.05, 4.69) is 20.8 Å². The predicted octanol–water partition coefficient (Wildman–Crippen LogP) is 1.23. The molecule has 1 fully saturated rings. The Morgan fingerprint density at radius 1 is 1.50 bits per heavy atom. The van der Waals surface area contributed by atoms with Crippen LogP contribution in [0.1, 0.15) is 33.6 Å². The number of rotatable bonds is 4. The molecule has 0 aliphatic carbocycles. The molecule has 1 saturated heterocycles. The molecule has 0 radical (unpaired) electrons. The van der Waals surface area contributed by atoms with Gasteiger partial charge >= 0.3 is 0 Å². The van der Waals surface area contributed by atoms with E-state index < -0.39 is 0 Å². The normalized spacial score (nSPS) is 24.8. The van der Waals surface area contributed by atoms with Crippen LogP contribution in [0, 0.1) is 11.8 Å². The Morgan fingerprint density at radius 2 is 2.14 bits per heavy atom. The lowest BCUT2D eigenvalue weighted by molar-refractivity contribution is -0.133. The van der Waals surface area contributed by atoms with Crippen molar-refractivity contribution in [3.8, 4) is 0 Å². The molecule has 82 valence electrons. The van der Waals surface area contributed by atoms with Gasteiger partial charge in [-0.25, -0.2) is 0 Å². The molecule has 1 amide bonds. The van der Waals surface area contributed by atoms with Gasteiger partial charge in [-0.1, -0.05) is 6.92 Å². The van der Waals surface area contributed by atoms with Crippen LogP contribution >= 0.6 is 0 Å². The maximum Gasteiger partial charge on any atom is 0.226 e. The molecule has 1 aliphatic heterocycles. The lowest BCUT2D eigenvalue weighted by Gasteiger charge is -2.22. The summed E-state index contributed by atoms with van der Waals surface area (Å²) in [5.74, 6) is 0.998. The highest BCUT2D eigenvalue weighted by Gasteiger charge is 2.35. The van der Waals surface area contributed by atoms with Crippen molar-refractivity contribution in [2.24, 2.45) is 17.6 Å². The van der Waals surface area contributed by atoms with E-state index in [1.165, 1.54) is 0 Å². The van der Waals surface area contributed by atoms with E-state index in [1.54, 1.807) is 0 Å². The highest BCUT2D eigenvalue weighted by atomic mass is 16.2. The fraction of sp³-hybridized carbons (Fsp3) is 0.909. The standard InChI is InChI=1S/C11H22N2O/c1-8(2)13-7-5-10(11(13)14)9(3)4-6-12/h8-10H,4-7,12H2,1-3H3. The molecule has 1 heterocycles. The smallest absolute Gasteiger partial charge is 0.226 e. The number of hydrogen-bond donors (Lipinski definition) is 1. The molecular weight excluding hydrogens is 176 g/mol. The fourth-order valence-electron chi connectivity index (χ4n) is 2.23. The zero-order chi connectivity index (χ0) is 10.7. The van der Waals surface area contributed by atoms with Gasteiger partial charge in [-0.3, -0.25) is 4.79 Å². The summed E-state index contributed by atoms with van der Waals surface area (Å²) in [6.07, 6.45) is 1.97. The molecule has 1 aliphatic rings. The third-order valence-corrected chi connectivity index (χ3v) is 3.21. The molecule has 3 nitrogen and oxygen atoms in total. The minimum atomic E-state index is 0.223. The summed E-state index contributed by atoms with van der Waals surface area (Å²) in [5.41, 5.74) is 5.51. The van der Waals surface area contributed by atoms with Crippen molar-refractivity contribution in [1.29, 1.82) is 0 Å². The largest absolute Gasteiger partial charge is 0.340 e. The number of nitrogens with zero attached hydrogens (tertiary/aromatic N) is 1. The summed E-state index contributed by atoms with van der Waals surface area (Å²) < 4.78 is 0. The molecule has 0 aromatic heterocycles. The molecule has 0 spiro atoms. The molecule has 3 heteroatoms. The van der Waals surface area contributed by atoms with Gasteiger partial charge in [0.15, 0.2) is 0 Å². The first-order chi connectivity index (χ1) is 6.57. The van der Waals surface area contributed by atoms with Crippen molar-refractivity contribution in [3.63, 3.8) is 0 Å². The summed E-state index contributed by atoms with van der Waals surface area (Å²) in [6.45, 7) is 7.91. The van der Waals surface area contributed by atoms with Gasteiger partial charge < -0.3 is 10.6 Å². The van der Waals surface area contributed by atoms with Crippen LogP contribution in [0.5, 0.6) is 0 Å². The summed E-state index contributed by atoms with van der Waals surface area (Å²) in [6, 6.07) is 0.345. The second-order valence-electron chi connectivity index (χ2n) is 4.58. The van der Waals surface area contributed by atoms with Gasteiger partial charge in [0.2, 0.25) is 5.91 Å². The van der Waals surface area contributed by atoms with Crippen LogP contribution in [0.15, 0.2) is 0 Å². The van der Waals surface area contributed by atoms with Crippen LogP contribution in [0.2, 0.25) is 0 Å². The van der Waals surface area contributed by atoms with Crippen LogP contribution in [0.4, 0.5) is 0 Å². The quantitative estimate of drug-likeness (QED) is 0.738. The van der Waals surface area contributed by atoms with Gasteiger partial charge in [0.05, 0.1) is 0 Å². The SMILES string of the molecule is CC(CCN)C1CCN(C(C)C)C1=O. The predicted molar refractivity (Wildman–Crippen MR) is 57.8 cm³/mol. The number of likely N-dealkylation sites (tertiary alicyclic amines) is 1. The van der Waals surface area contributed by atoms with E-state index in [4.69, 9.17) is 5.73 Å². The molecule has 14 heavy (non-hydrogen) atoms. The molecule has 0 bridgehead atoms. The van der Waals surface area contributed by atoms with Crippen LogP contribution in [0.25, 0.3) is 0 Å². The van der Waals surface area contributed by atoms with E-state index >= 15 is 0 Å². The van der Waals surface area contributed by atoms with E-state index in [-0.39, 0.29) is 5.92 Å². The van der Waals surface area contributed by atoms with E-state index in [9.17, 15) is 4.79 Å². The number of amides is 1. The lowest BCUT2D eigenvalue weighted by Crippen LogP contribution is -2.35. The Morgan fingerprint density at radius 3 is 2.57 bits per heavy atom. The summed E-state index contributed by atoms with van der Waals surface area (Å²) >= 11 is 0. The van der Waals surface area contributed by atoms with Gasteiger partial charge in [0.25, 0.3) is 0 Å². The second kappa shape index (κ2) is 4.78. The highest BCUT2D eigenvalue weighted by molar-refractivity contribution is 5.81. The van der Waals surface area contributed by atoms with E-state index in [0.29, 0.717) is 24.4 Å². The Labute approximate surface area is 86.6 Å². The maximum atomic E-state index is 11.9. The Kier molecular flexibility index (Phi) is 3.93. The van der Waals surface area contributed by atoms with Crippen molar-refractivity contribution in [1.82, 2.24) is 4.90 Å². The number of nitrogens with two attached hydrogens (primary N) is 1. The number of carbonyl (C=O) groups excluding carboxylic acids is 1. The molecule has 1 rings (SSSR count). The summed E-state index contributed by atoms with van der Waals surface area (Å²) in [7, 11) is 0. The first-order valence-corrected chi connectivity index (χ1v) is 5.58. The zero-order valence-electron chi connectivity index (χ0n) is 9.49. The average molecular weight is 198 g/mol. The maximum absolute atomic E-state index is 11.9. The molecule has 2 atom stereocenters. The minimum absolute atomic E-state index is 0.223. The van der Waals surface area contributed by atoms with Crippen LogP contribution in [-0.2, 0) is 4.79 Å². The average Bonchev–Trinajstić information content (AvgIpc) is 2.47. The highest BCUT2D eigenvalue weighted by Crippen LogP contribution is 2.28. The molecule has 2 unspecified atom stereocenters. The zero-order valence-corrected chi connectivity index (χ0v) is 9.49. The Balaban J connectivity index is 2.55. The van der Waals surface area contributed by atoms with Gasteiger partial charge in [-0.2, -0.15) is 0 Å².